The van der Waals surface area contributed by atoms with Gasteiger partial charge in [0.25, 0.3) is 5.91 Å². The Morgan fingerprint density at radius 3 is 2.75 bits per heavy atom. The summed E-state index contributed by atoms with van der Waals surface area (Å²) in [6.07, 6.45) is -2.07. The molecular weight excluding hydrogens is 375 g/mol. The average molecular weight is 395 g/mol. The number of halogens is 3. The minimum atomic E-state index is -4.64. The van der Waals surface area contributed by atoms with Crippen molar-refractivity contribution in [2.45, 2.75) is 25.9 Å². The molecule has 0 spiro atoms. The van der Waals surface area contributed by atoms with Crippen LogP contribution in [-0.4, -0.2) is 36.5 Å². The molecule has 1 fully saturated rings. The van der Waals surface area contributed by atoms with Crippen molar-refractivity contribution >= 4 is 17.6 Å². The maximum Gasteiger partial charge on any atom is 0.418 e. The molecule has 6 nitrogen and oxygen atoms in total. The third-order valence-electron chi connectivity index (χ3n) is 4.23. The van der Waals surface area contributed by atoms with Crippen LogP contribution in [0.15, 0.2) is 36.0 Å². The number of amides is 1. The van der Waals surface area contributed by atoms with Crippen LogP contribution in [0.2, 0.25) is 0 Å². The number of alkyl halides is 3. The first kappa shape index (κ1) is 21.3. The van der Waals surface area contributed by atoms with Crippen LogP contribution in [0.3, 0.4) is 0 Å². The van der Waals surface area contributed by atoms with Crippen molar-refractivity contribution in [3.8, 4) is 6.07 Å². The van der Waals surface area contributed by atoms with Crippen molar-refractivity contribution in [2.24, 2.45) is 5.92 Å². The minimum Gasteiger partial charge on any atom is -0.466 e. The van der Waals surface area contributed by atoms with Crippen molar-refractivity contribution in [3.63, 3.8) is 0 Å². The Kier molecular flexibility index (Phi) is 7.04. The van der Waals surface area contributed by atoms with Crippen LogP contribution >= 0.6 is 0 Å². The number of benzene rings is 1. The highest BCUT2D eigenvalue weighted by Gasteiger charge is 2.34. The largest absolute Gasteiger partial charge is 0.466 e. The van der Waals surface area contributed by atoms with Gasteiger partial charge < -0.3 is 15.0 Å². The lowest BCUT2D eigenvalue weighted by molar-refractivity contribution is -0.149. The van der Waals surface area contributed by atoms with Crippen LogP contribution in [0.25, 0.3) is 0 Å². The molecule has 150 valence electrons. The van der Waals surface area contributed by atoms with E-state index < -0.39 is 23.3 Å². The summed E-state index contributed by atoms with van der Waals surface area (Å²) < 4.78 is 44.2. The first-order valence-corrected chi connectivity index (χ1v) is 8.76. The quantitative estimate of drug-likeness (QED) is 0.470. The third kappa shape index (κ3) is 5.49. The van der Waals surface area contributed by atoms with E-state index in [1.165, 1.54) is 18.3 Å². The highest BCUT2D eigenvalue weighted by molar-refractivity contribution is 6.06. The molecule has 1 aromatic carbocycles. The second-order valence-corrected chi connectivity index (χ2v) is 6.24. The normalized spacial score (nSPS) is 17.6. The molecule has 1 saturated heterocycles. The van der Waals surface area contributed by atoms with Gasteiger partial charge >= 0.3 is 12.1 Å². The van der Waals surface area contributed by atoms with Gasteiger partial charge in [-0.15, -0.1) is 0 Å². The number of carbonyl (C=O) groups excluding carboxylic acids is 2. The molecule has 1 unspecified atom stereocenters. The van der Waals surface area contributed by atoms with E-state index in [2.05, 4.69) is 5.32 Å². The molecule has 0 radical (unpaired) electrons. The molecule has 0 bridgehead atoms. The zero-order valence-electron chi connectivity index (χ0n) is 15.3. The molecule has 1 aliphatic heterocycles. The van der Waals surface area contributed by atoms with Gasteiger partial charge in [0, 0.05) is 19.3 Å². The standard InChI is InChI=1S/C19H20F3N3O3/c1-2-28-18(27)13-6-5-9-25(11-13)12-14(10-23)17(26)24-16-8-4-3-7-15(16)19(20,21)22/h3-4,7-8,12-13H,2,5-6,9,11H2,1H3,(H,24,26)/b14-12-. The number of piperidine rings is 1. The van der Waals surface area contributed by atoms with Gasteiger partial charge in [0.1, 0.15) is 11.6 Å². The zero-order valence-corrected chi connectivity index (χ0v) is 15.3. The number of rotatable bonds is 5. The van der Waals surface area contributed by atoms with E-state index in [0.29, 0.717) is 19.4 Å². The Morgan fingerprint density at radius 1 is 1.39 bits per heavy atom. The molecule has 28 heavy (non-hydrogen) atoms. The number of hydrogen-bond acceptors (Lipinski definition) is 5. The first-order valence-electron chi connectivity index (χ1n) is 8.76. The van der Waals surface area contributed by atoms with E-state index in [9.17, 15) is 28.0 Å². The van der Waals surface area contributed by atoms with E-state index in [4.69, 9.17) is 4.74 Å². The van der Waals surface area contributed by atoms with E-state index in [1.807, 2.05) is 0 Å². The number of likely N-dealkylation sites (tertiary alicyclic amines) is 1. The molecular formula is C19H20F3N3O3. The summed E-state index contributed by atoms with van der Waals surface area (Å²) in [5, 5.41) is 11.4. The Hall–Kier alpha value is -3.02. The molecule has 1 amide bonds. The minimum absolute atomic E-state index is 0.260. The van der Waals surface area contributed by atoms with Gasteiger partial charge in [-0.3, -0.25) is 9.59 Å². The number of nitriles is 1. The maximum atomic E-state index is 13.1. The molecule has 0 aliphatic carbocycles. The summed E-state index contributed by atoms with van der Waals surface area (Å²) in [6, 6.07) is 6.24. The topological polar surface area (TPSA) is 82.4 Å². The molecule has 1 aliphatic rings. The predicted molar refractivity (Wildman–Crippen MR) is 94.7 cm³/mol. The van der Waals surface area contributed by atoms with Crippen molar-refractivity contribution in [1.29, 1.82) is 5.26 Å². The van der Waals surface area contributed by atoms with E-state index >= 15 is 0 Å². The molecule has 9 heteroatoms. The summed E-state index contributed by atoms with van der Waals surface area (Å²) in [5.41, 5.74) is -1.77. The molecule has 1 atom stereocenters. The van der Waals surface area contributed by atoms with Crippen LogP contribution in [0.1, 0.15) is 25.3 Å². The number of para-hydroxylation sites is 1. The highest BCUT2D eigenvalue weighted by atomic mass is 19.4. The van der Waals surface area contributed by atoms with Gasteiger partial charge in [-0.05, 0) is 31.9 Å². The fourth-order valence-electron chi connectivity index (χ4n) is 2.93. The zero-order chi connectivity index (χ0) is 20.7. The lowest BCUT2D eigenvalue weighted by Gasteiger charge is -2.30. The summed E-state index contributed by atoms with van der Waals surface area (Å²) in [7, 11) is 0. The van der Waals surface area contributed by atoms with E-state index in [-0.39, 0.29) is 30.6 Å². The number of hydrogen-bond donors (Lipinski definition) is 1. The maximum absolute atomic E-state index is 13.1. The highest BCUT2D eigenvalue weighted by Crippen LogP contribution is 2.34. The van der Waals surface area contributed by atoms with Gasteiger partial charge in [0.15, 0.2) is 0 Å². The summed E-state index contributed by atoms with van der Waals surface area (Å²) >= 11 is 0. The average Bonchev–Trinajstić information content (AvgIpc) is 2.66. The summed E-state index contributed by atoms with van der Waals surface area (Å²) in [5.74, 6) is -1.67. The summed E-state index contributed by atoms with van der Waals surface area (Å²) in [4.78, 5) is 25.8. The van der Waals surface area contributed by atoms with Gasteiger partial charge in [0.2, 0.25) is 0 Å². The number of carbonyl (C=O) groups is 2. The second-order valence-electron chi connectivity index (χ2n) is 6.24. The lowest BCUT2D eigenvalue weighted by atomic mass is 9.98. The van der Waals surface area contributed by atoms with Crippen LogP contribution in [0, 0.1) is 17.2 Å². The SMILES string of the molecule is CCOC(=O)C1CCCN(/C=C(/C#N)C(=O)Nc2ccccc2C(F)(F)F)C1. The van der Waals surface area contributed by atoms with Gasteiger partial charge in [-0.1, -0.05) is 12.1 Å². The van der Waals surface area contributed by atoms with Crippen LogP contribution in [-0.2, 0) is 20.5 Å². The van der Waals surface area contributed by atoms with Crippen LogP contribution in [0.5, 0.6) is 0 Å². The third-order valence-corrected chi connectivity index (χ3v) is 4.23. The van der Waals surface area contributed by atoms with Crippen molar-refractivity contribution in [3.05, 3.63) is 41.6 Å². The lowest BCUT2D eigenvalue weighted by Crippen LogP contribution is -2.37. The molecule has 1 N–H and O–H groups in total. The Bertz CT molecular complexity index is 800. The molecule has 1 heterocycles. The van der Waals surface area contributed by atoms with E-state index in [0.717, 1.165) is 12.1 Å². The monoisotopic (exact) mass is 395 g/mol. The van der Waals surface area contributed by atoms with Crippen molar-refractivity contribution in [2.75, 3.05) is 25.0 Å². The smallest absolute Gasteiger partial charge is 0.418 e. The van der Waals surface area contributed by atoms with Gasteiger partial charge in [-0.25, -0.2) is 0 Å². The van der Waals surface area contributed by atoms with Crippen LogP contribution < -0.4 is 5.32 Å². The first-order chi connectivity index (χ1) is 13.3. The Balaban J connectivity index is 2.14. The molecule has 1 aromatic rings. The second kappa shape index (κ2) is 9.26. The fourth-order valence-corrected chi connectivity index (χ4v) is 2.93. The fraction of sp³-hybridized carbons (Fsp3) is 0.421. The molecule has 0 saturated carbocycles. The molecule has 2 rings (SSSR count). The van der Waals surface area contributed by atoms with Gasteiger partial charge in [0.05, 0.1) is 23.8 Å². The number of nitrogens with one attached hydrogen (secondary N) is 1. The van der Waals surface area contributed by atoms with Gasteiger partial charge in [-0.2, -0.15) is 18.4 Å². The number of ether oxygens (including phenoxy) is 1. The van der Waals surface area contributed by atoms with Crippen molar-refractivity contribution in [1.82, 2.24) is 4.90 Å². The number of nitrogens with zero attached hydrogens (tertiary/aromatic N) is 2. The Morgan fingerprint density at radius 2 is 2.11 bits per heavy atom. The molecule has 0 aromatic heterocycles. The Labute approximate surface area is 160 Å². The number of esters is 1. The number of anilines is 1. The van der Waals surface area contributed by atoms with Crippen LogP contribution in [0.4, 0.5) is 18.9 Å². The predicted octanol–water partition coefficient (Wildman–Crippen LogP) is 3.33. The summed E-state index contributed by atoms with van der Waals surface area (Å²) in [6.45, 7) is 2.76. The van der Waals surface area contributed by atoms with E-state index in [1.54, 1.807) is 17.9 Å². The van der Waals surface area contributed by atoms with Crippen molar-refractivity contribution < 1.29 is 27.5 Å².